The molecule has 0 atom stereocenters. The Bertz CT molecular complexity index is 1160. The van der Waals surface area contributed by atoms with Crippen LogP contribution in [0.1, 0.15) is 18.9 Å². The van der Waals surface area contributed by atoms with E-state index in [1.165, 1.54) is 44.6 Å². The van der Waals surface area contributed by atoms with Crippen LogP contribution < -0.4 is 15.7 Å². The predicted molar refractivity (Wildman–Crippen MR) is 134 cm³/mol. The SMILES string of the molecule is CCC1=C(/C=C\CBr)N2B(c3ccccc31)c1ccccc1-c1cc(Br)ccc12. The molecule has 1 nitrogen and oxygen atoms in total. The fourth-order valence-electron chi connectivity index (χ4n) is 4.77. The van der Waals surface area contributed by atoms with E-state index in [9.17, 15) is 0 Å². The molecule has 2 aliphatic rings. The van der Waals surface area contributed by atoms with E-state index in [0.717, 1.165) is 16.2 Å². The Kier molecular flexibility index (Phi) is 5.01. The summed E-state index contributed by atoms with van der Waals surface area (Å²) < 4.78 is 1.11. The summed E-state index contributed by atoms with van der Waals surface area (Å²) in [5.74, 6) is 0. The number of anilines is 1. The van der Waals surface area contributed by atoms with Gasteiger partial charge in [-0.15, -0.1) is 0 Å². The number of alkyl halides is 1. The first-order chi connectivity index (χ1) is 14.2. The minimum Gasteiger partial charge on any atom is -0.376 e. The lowest BCUT2D eigenvalue weighted by Crippen LogP contribution is -2.61. The molecule has 3 aromatic rings. The Balaban J connectivity index is 1.89. The highest BCUT2D eigenvalue weighted by Gasteiger charge is 2.41. The van der Waals surface area contributed by atoms with Crippen LogP contribution in [0.2, 0.25) is 0 Å². The van der Waals surface area contributed by atoms with Crippen molar-refractivity contribution in [1.82, 2.24) is 0 Å². The van der Waals surface area contributed by atoms with Crippen molar-refractivity contribution >= 4 is 60.9 Å². The Morgan fingerprint density at radius 2 is 1.59 bits per heavy atom. The zero-order valence-corrected chi connectivity index (χ0v) is 19.4. The van der Waals surface area contributed by atoms with Crippen molar-refractivity contribution in [2.75, 3.05) is 10.1 Å². The lowest BCUT2D eigenvalue weighted by Gasteiger charge is -2.44. The van der Waals surface area contributed by atoms with Crippen molar-refractivity contribution in [1.29, 1.82) is 0 Å². The summed E-state index contributed by atoms with van der Waals surface area (Å²) >= 11 is 7.26. The molecule has 0 saturated carbocycles. The molecule has 0 N–H and O–H groups in total. The molecule has 0 amide bonds. The molecule has 0 bridgehead atoms. The molecular formula is C25H20BBr2N. The number of halogens is 2. The van der Waals surface area contributed by atoms with E-state index < -0.39 is 0 Å². The van der Waals surface area contributed by atoms with E-state index in [2.05, 4.69) is 122 Å². The van der Waals surface area contributed by atoms with Crippen LogP contribution in [0, 0.1) is 0 Å². The van der Waals surface area contributed by atoms with Crippen LogP contribution >= 0.6 is 31.9 Å². The van der Waals surface area contributed by atoms with Gasteiger partial charge in [0.05, 0.1) is 0 Å². The Morgan fingerprint density at radius 1 is 0.897 bits per heavy atom. The minimum atomic E-state index is 0.182. The van der Waals surface area contributed by atoms with Gasteiger partial charge in [-0.2, -0.15) is 0 Å². The summed E-state index contributed by atoms with van der Waals surface area (Å²) in [6.07, 6.45) is 5.49. The maximum Gasteiger partial charge on any atom is 0.329 e. The minimum absolute atomic E-state index is 0.182. The molecule has 142 valence electrons. The first kappa shape index (κ1) is 19.0. The molecule has 5 rings (SSSR count). The molecular weight excluding hydrogens is 485 g/mol. The van der Waals surface area contributed by atoms with Gasteiger partial charge in [-0.3, -0.25) is 0 Å². The van der Waals surface area contributed by atoms with Crippen LogP contribution in [-0.4, -0.2) is 12.2 Å². The fourth-order valence-corrected chi connectivity index (χ4v) is 5.32. The van der Waals surface area contributed by atoms with E-state index >= 15 is 0 Å². The maximum atomic E-state index is 3.69. The molecule has 0 saturated heterocycles. The van der Waals surface area contributed by atoms with Gasteiger partial charge in [0.15, 0.2) is 0 Å². The summed E-state index contributed by atoms with van der Waals surface area (Å²) in [7, 11) is 0. The van der Waals surface area contributed by atoms with Crippen molar-refractivity contribution in [3.05, 3.63) is 94.6 Å². The Labute approximate surface area is 189 Å². The average molecular weight is 505 g/mol. The first-order valence-electron chi connectivity index (χ1n) is 9.97. The molecule has 0 aliphatic carbocycles. The summed E-state index contributed by atoms with van der Waals surface area (Å²) in [6.45, 7) is 2.44. The van der Waals surface area contributed by atoms with E-state index in [-0.39, 0.29) is 6.85 Å². The molecule has 0 aromatic heterocycles. The lowest BCUT2D eigenvalue weighted by molar-refractivity contribution is 1.17. The molecule has 0 radical (unpaired) electrons. The van der Waals surface area contributed by atoms with Gasteiger partial charge in [0, 0.05) is 26.8 Å². The van der Waals surface area contributed by atoms with Gasteiger partial charge < -0.3 is 4.81 Å². The summed E-state index contributed by atoms with van der Waals surface area (Å²) in [4.78, 5) is 2.55. The zero-order valence-electron chi connectivity index (χ0n) is 16.2. The third-order valence-corrected chi connectivity index (χ3v) is 6.76. The molecule has 2 aliphatic heterocycles. The standard InChI is InChI=1S/C25H20BBr2N/c1-2-18-19-8-3-5-10-22(19)26-23-11-6-4-9-20(23)21-16-17(28)13-14-25(21)29(26)24(18)12-7-15-27/h3-14,16H,2,15H2,1H3/b12-7-. The van der Waals surface area contributed by atoms with Crippen molar-refractivity contribution in [2.24, 2.45) is 0 Å². The van der Waals surface area contributed by atoms with Gasteiger partial charge in [-0.05, 0) is 58.3 Å². The number of hydrogen-bond acceptors (Lipinski definition) is 1. The summed E-state index contributed by atoms with van der Waals surface area (Å²) in [6, 6.07) is 24.4. The van der Waals surface area contributed by atoms with Crippen LogP contribution in [0.3, 0.4) is 0 Å². The second-order valence-corrected chi connectivity index (χ2v) is 8.95. The number of fused-ring (bicyclic) bond motifs is 8. The topological polar surface area (TPSA) is 3.24 Å². The largest absolute Gasteiger partial charge is 0.376 e. The van der Waals surface area contributed by atoms with Gasteiger partial charge in [0.1, 0.15) is 0 Å². The molecule has 2 heterocycles. The first-order valence-corrected chi connectivity index (χ1v) is 11.9. The highest BCUT2D eigenvalue weighted by Crippen LogP contribution is 2.43. The highest BCUT2D eigenvalue weighted by molar-refractivity contribution is 9.10. The van der Waals surface area contributed by atoms with E-state index in [0.29, 0.717) is 0 Å². The number of nitrogens with zero attached hydrogens (tertiary/aromatic N) is 1. The van der Waals surface area contributed by atoms with Gasteiger partial charge in [0.25, 0.3) is 0 Å². The predicted octanol–water partition coefficient (Wildman–Crippen LogP) is 6.13. The summed E-state index contributed by atoms with van der Waals surface area (Å²) in [5, 5.41) is 0.845. The molecule has 3 aromatic carbocycles. The third kappa shape index (κ3) is 2.96. The third-order valence-electron chi connectivity index (χ3n) is 5.89. The highest BCUT2D eigenvalue weighted by atomic mass is 79.9. The Morgan fingerprint density at radius 3 is 2.31 bits per heavy atom. The van der Waals surface area contributed by atoms with Crippen molar-refractivity contribution in [3.63, 3.8) is 0 Å². The van der Waals surface area contributed by atoms with Crippen molar-refractivity contribution in [2.45, 2.75) is 13.3 Å². The average Bonchev–Trinajstić information content (AvgIpc) is 2.76. The number of allylic oxidation sites excluding steroid dienone is 3. The Hall–Kier alpha value is -2.04. The van der Waals surface area contributed by atoms with Gasteiger partial charge in [0.2, 0.25) is 0 Å². The van der Waals surface area contributed by atoms with Gasteiger partial charge in [-0.25, -0.2) is 0 Å². The van der Waals surface area contributed by atoms with Crippen molar-refractivity contribution < 1.29 is 0 Å². The quantitative estimate of drug-likeness (QED) is 0.306. The van der Waals surface area contributed by atoms with Crippen LogP contribution in [0.15, 0.2) is 89.1 Å². The monoisotopic (exact) mass is 503 g/mol. The van der Waals surface area contributed by atoms with Crippen LogP contribution in [0.4, 0.5) is 5.69 Å². The van der Waals surface area contributed by atoms with Gasteiger partial charge in [-0.1, -0.05) is 93.4 Å². The molecule has 4 heteroatoms. The second kappa shape index (κ2) is 7.66. The zero-order chi connectivity index (χ0) is 20.0. The number of hydrogen-bond donors (Lipinski definition) is 0. The van der Waals surface area contributed by atoms with E-state index in [1.807, 2.05) is 0 Å². The molecule has 0 spiro atoms. The normalized spacial score (nSPS) is 14.6. The number of rotatable bonds is 3. The fraction of sp³-hybridized carbons (Fsp3) is 0.120. The second-order valence-electron chi connectivity index (χ2n) is 7.38. The lowest BCUT2D eigenvalue weighted by atomic mass is 9.43. The summed E-state index contributed by atoms with van der Waals surface area (Å²) in [5.41, 5.74) is 10.7. The molecule has 0 fully saturated rings. The molecule has 29 heavy (non-hydrogen) atoms. The maximum absolute atomic E-state index is 3.69. The van der Waals surface area contributed by atoms with Gasteiger partial charge >= 0.3 is 6.85 Å². The van der Waals surface area contributed by atoms with E-state index in [4.69, 9.17) is 0 Å². The van der Waals surface area contributed by atoms with Crippen LogP contribution in [0.25, 0.3) is 16.7 Å². The van der Waals surface area contributed by atoms with Crippen molar-refractivity contribution in [3.8, 4) is 11.1 Å². The molecule has 0 unspecified atom stereocenters. The van der Waals surface area contributed by atoms with Crippen LogP contribution in [0.5, 0.6) is 0 Å². The number of benzene rings is 3. The van der Waals surface area contributed by atoms with E-state index in [1.54, 1.807) is 0 Å². The van der Waals surface area contributed by atoms with Crippen LogP contribution in [-0.2, 0) is 0 Å². The smallest absolute Gasteiger partial charge is 0.329 e.